The Morgan fingerprint density at radius 1 is 0.833 bits per heavy atom. The van der Waals surface area contributed by atoms with Gasteiger partial charge in [-0.2, -0.15) is 0 Å². The molecule has 3 nitrogen and oxygen atoms in total. The van der Waals surface area contributed by atoms with E-state index in [0.717, 1.165) is 32.1 Å². The van der Waals surface area contributed by atoms with Gasteiger partial charge in [-0.15, -0.1) is 0 Å². The summed E-state index contributed by atoms with van der Waals surface area (Å²) in [5.74, 6) is -1.29. The first kappa shape index (κ1) is 18.4. The Bertz CT molecular complexity index is 221. The second-order valence-corrected chi connectivity index (χ2v) is 5.30. The number of aliphatic hydroxyl groups excluding tert-OH is 1. The summed E-state index contributed by atoms with van der Waals surface area (Å²) >= 11 is 0. The molecule has 0 radical (unpaired) electrons. The summed E-state index contributed by atoms with van der Waals surface area (Å²) in [5.41, 5.74) is 0. The molecule has 1 aliphatic rings. The van der Waals surface area contributed by atoms with E-state index in [1.54, 1.807) is 0 Å². The molecule has 0 heterocycles. The summed E-state index contributed by atoms with van der Waals surface area (Å²) in [4.78, 5) is 11.0. The molecule has 0 amide bonds. The molecule has 100 valence electrons. The fraction of sp³-hybridized carbons (Fsp3) is 0.929. The molecule has 0 bridgehead atoms. The third kappa shape index (κ3) is 8.52. The van der Waals surface area contributed by atoms with Gasteiger partial charge in [-0.3, -0.25) is 0 Å². The Morgan fingerprint density at radius 2 is 1.33 bits per heavy atom. The molecule has 0 aromatic carbocycles. The maximum absolute atomic E-state index is 11.0. The van der Waals surface area contributed by atoms with Crippen LogP contribution in [0.2, 0.25) is 0 Å². The van der Waals surface area contributed by atoms with E-state index in [2.05, 4.69) is 0 Å². The number of rotatable bonds is 1. The van der Waals surface area contributed by atoms with Crippen molar-refractivity contribution in [1.82, 2.24) is 0 Å². The van der Waals surface area contributed by atoms with Crippen molar-refractivity contribution in [2.75, 3.05) is 0 Å². The Balaban J connectivity index is 0.00000289. The number of carboxylic acids is 1. The zero-order valence-corrected chi connectivity index (χ0v) is 13.7. The fourth-order valence-corrected chi connectivity index (χ4v) is 2.57. The van der Waals surface area contributed by atoms with Crippen LogP contribution in [0, 0.1) is 5.92 Å². The minimum atomic E-state index is -0.938. The van der Waals surface area contributed by atoms with Gasteiger partial charge in [-0.1, -0.05) is 44.9 Å². The molecule has 0 aromatic heterocycles. The molecule has 1 rings (SSSR count). The third-order valence-corrected chi connectivity index (χ3v) is 3.77. The molecule has 1 N–H and O–H groups in total. The molecule has 0 aliphatic heterocycles. The molecule has 4 heteroatoms. The SMILES string of the molecule is O=C([O-])C1CCCCCCCCCC(O)CC1.[Na+]. The van der Waals surface area contributed by atoms with Crippen molar-refractivity contribution in [2.24, 2.45) is 5.92 Å². The van der Waals surface area contributed by atoms with Crippen LogP contribution in [0.5, 0.6) is 0 Å². The van der Waals surface area contributed by atoms with Gasteiger partial charge < -0.3 is 15.0 Å². The molecule has 0 saturated heterocycles. The first-order valence-electron chi connectivity index (χ1n) is 7.09. The largest absolute Gasteiger partial charge is 1.00 e. The van der Waals surface area contributed by atoms with Crippen LogP contribution in [0.15, 0.2) is 0 Å². The van der Waals surface area contributed by atoms with Crippen molar-refractivity contribution in [2.45, 2.75) is 76.7 Å². The second-order valence-electron chi connectivity index (χ2n) is 5.30. The summed E-state index contributed by atoms with van der Waals surface area (Å²) in [7, 11) is 0. The number of hydrogen-bond donors (Lipinski definition) is 1. The van der Waals surface area contributed by atoms with Crippen LogP contribution >= 0.6 is 0 Å². The Hall–Kier alpha value is 0.430. The van der Waals surface area contributed by atoms with Crippen LogP contribution in [0.1, 0.15) is 70.6 Å². The molecule has 1 aliphatic carbocycles. The fourth-order valence-electron chi connectivity index (χ4n) is 2.57. The first-order valence-corrected chi connectivity index (χ1v) is 7.09. The first-order chi connectivity index (χ1) is 8.20. The van der Waals surface area contributed by atoms with Gasteiger partial charge in [0.05, 0.1) is 6.10 Å². The maximum atomic E-state index is 11.0. The van der Waals surface area contributed by atoms with E-state index in [9.17, 15) is 15.0 Å². The van der Waals surface area contributed by atoms with Crippen molar-refractivity contribution in [1.29, 1.82) is 0 Å². The Labute approximate surface area is 133 Å². The van der Waals surface area contributed by atoms with Crippen LogP contribution in [-0.4, -0.2) is 17.2 Å². The number of carbonyl (C=O) groups is 1. The van der Waals surface area contributed by atoms with Crippen LogP contribution in [-0.2, 0) is 4.79 Å². The molecule has 2 atom stereocenters. The van der Waals surface area contributed by atoms with Gasteiger partial charge in [0.1, 0.15) is 0 Å². The maximum Gasteiger partial charge on any atom is 1.00 e. The van der Waals surface area contributed by atoms with Crippen molar-refractivity contribution in [3.05, 3.63) is 0 Å². The average molecular weight is 264 g/mol. The van der Waals surface area contributed by atoms with Gasteiger partial charge in [0.15, 0.2) is 0 Å². The minimum Gasteiger partial charge on any atom is -0.550 e. The van der Waals surface area contributed by atoms with E-state index in [1.165, 1.54) is 25.7 Å². The third-order valence-electron chi connectivity index (χ3n) is 3.77. The van der Waals surface area contributed by atoms with E-state index >= 15 is 0 Å². The van der Waals surface area contributed by atoms with Gasteiger partial charge in [0, 0.05) is 5.97 Å². The number of aliphatic carboxylic acids is 1. The second kappa shape index (κ2) is 11.3. The summed E-state index contributed by atoms with van der Waals surface area (Å²) in [6.07, 6.45) is 10.5. The summed E-state index contributed by atoms with van der Waals surface area (Å²) in [6.45, 7) is 0. The summed E-state index contributed by atoms with van der Waals surface area (Å²) in [5, 5.41) is 20.7. The van der Waals surface area contributed by atoms with Crippen LogP contribution in [0.25, 0.3) is 0 Å². The Kier molecular flexibility index (Phi) is 11.5. The predicted octanol–water partition coefficient (Wildman–Crippen LogP) is -0.978. The van der Waals surface area contributed by atoms with Gasteiger partial charge in [-0.05, 0) is 31.6 Å². The van der Waals surface area contributed by atoms with Crippen molar-refractivity contribution in [3.63, 3.8) is 0 Å². The molecular weight excluding hydrogens is 239 g/mol. The molecule has 18 heavy (non-hydrogen) atoms. The van der Waals surface area contributed by atoms with Gasteiger partial charge in [-0.25, -0.2) is 0 Å². The zero-order chi connectivity index (χ0) is 12.5. The average Bonchev–Trinajstić information content (AvgIpc) is 2.31. The smallest absolute Gasteiger partial charge is 0.550 e. The molecule has 0 spiro atoms. The van der Waals surface area contributed by atoms with Crippen LogP contribution in [0.3, 0.4) is 0 Å². The van der Waals surface area contributed by atoms with Crippen LogP contribution in [0.4, 0.5) is 0 Å². The van der Waals surface area contributed by atoms with Crippen LogP contribution < -0.4 is 34.7 Å². The molecule has 1 saturated carbocycles. The quantitative estimate of drug-likeness (QED) is 0.619. The van der Waals surface area contributed by atoms with E-state index in [4.69, 9.17) is 0 Å². The van der Waals surface area contributed by atoms with E-state index < -0.39 is 5.97 Å². The van der Waals surface area contributed by atoms with E-state index in [0.29, 0.717) is 12.8 Å². The number of hydrogen-bond acceptors (Lipinski definition) is 3. The molecule has 0 aromatic rings. The standard InChI is InChI=1S/C14H26O3.Na/c15-13-9-7-5-3-1-2-4-6-8-12(10-11-13)14(16)17;/h12-13,15H,1-11H2,(H,16,17);/q;+1/p-1. The van der Waals surface area contributed by atoms with Crippen molar-refractivity contribution < 1.29 is 44.6 Å². The minimum absolute atomic E-state index is 0. The molecular formula is C14H25NaO3. The zero-order valence-electron chi connectivity index (χ0n) is 11.7. The Morgan fingerprint density at radius 3 is 1.89 bits per heavy atom. The van der Waals surface area contributed by atoms with Crippen molar-refractivity contribution >= 4 is 5.97 Å². The normalized spacial score (nSPS) is 28.1. The number of aliphatic hydroxyl groups is 1. The summed E-state index contributed by atoms with van der Waals surface area (Å²) in [6, 6.07) is 0. The predicted molar refractivity (Wildman–Crippen MR) is 65.3 cm³/mol. The van der Waals surface area contributed by atoms with Gasteiger partial charge in [0.2, 0.25) is 0 Å². The summed E-state index contributed by atoms with van der Waals surface area (Å²) < 4.78 is 0. The van der Waals surface area contributed by atoms with E-state index in [-0.39, 0.29) is 41.6 Å². The van der Waals surface area contributed by atoms with Gasteiger partial charge >= 0.3 is 29.6 Å². The van der Waals surface area contributed by atoms with E-state index in [1.807, 2.05) is 0 Å². The molecule has 2 unspecified atom stereocenters. The molecule has 1 fully saturated rings. The van der Waals surface area contributed by atoms with Gasteiger partial charge in [0.25, 0.3) is 0 Å². The monoisotopic (exact) mass is 264 g/mol. The van der Waals surface area contributed by atoms with Crippen molar-refractivity contribution in [3.8, 4) is 0 Å². The number of carbonyl (C=O) groups excluding carboxylic acids is 1. The topological polar surface area (TPSA) is 60.4 Å². The number of carboxylic acid groups (broad SMARTS) is 1.